The lowest BCUT2D eigenvalue weighted by Gasteiger charge is -2.08. The van der Waals surface area contributed by atoms with Crippen LogP contribution in [0.25, 0.3) is 0 Å². The molecule has 0 saturated heterocycles. The minimum atomic E-state index is -4.50. The van der Waals surface area contributed by atoms with Gasteiger partial charge in [0.05, 0.1) is 30.2 Å². The number of nitrogens with one attached hydrogen (secondary N) is 2. The number of pyridine rings is 1. The SMILES string of the molecule is O=C(NCc1cccc(O)c1)c1cn(CCCCn2cc(C(=O)NCc3cc(C(F)(F)F)ccn3)nn2)nn1. The number of benzene rings is 1. The van der Waals surface area contributed by atoms with Gasteiger partial charge in [-0.25, -0.2) is 0 Å². The summed E-state index contributed by atoms with van der Waals surface area (Å²) in [5.41, 5.74) is 0.165. The molecule has 4 rings (SSSR count). The number of nitrogens with zero attached hydrogens (tertiary/aromatic N) is 7. The van der Waals surface area contributed by atoms with E-state index in [9.17, 15) is 27.9 Å². The fraction of sp³-hybridized carbons (Fsp3) is 0.292. The fourth-order valence-electron chi connectivity index (χ4n) is 3.52. The van der Waals surface area contributed by atoms with E-state index in [2.05, 4.69) is 36.2 Å². The van der Waals surface area contributed by atoms with E-state index in [1.807, 2.05) is 0 Å². The van der Waals surface area contributed by atoms with Crippen LogP contribution in [0.4, 0.5) is 13.2 Å². The predicted octanol–water partition coefficient (Wildman–Crippen LogP) is 2.33. The minimum absolute atomic E-state index is 0.0274. The molecule has 204 valence electrons. The molecular weight excluding hydrogens is 519 g/mol. The van der Waals surface area contributed by atoms with E-state index in [0.717, 1.165) is 23.9 Å². The van der Waals surface area contributed by atoms with Crippen molar-refractivity contribution in [3.63, 3.8) is 0 Å². The number of carbonyl (C=O) groups excluding carboxylic acids is 2. The first-order valence-corrected chi connectivity index (χ1v) is 11.8. The second-order valence-corrected chi connectivity index (χ2v) is 8.51. The highest BCUT2D eigenvalue weighted by atomic mass is 19.4. The summed E-state index contributed by atoms with van der Waals surface area (Å²) in [4.78, 5) is 28.4. The van der Waals surface area contributed by atoms with Gasteiger partial charge in [0.1, 0.15) is 5.75 Å². The monoisotopic (exact) mass is 543 g/mol. The van der Waals surface area contributed by atoms with Crippen molar-refractivity contribution in [2.24, 2.45) is 0 Å². The average Bonchev–Trinajstić information content (AvgIpc) is 3.58. The maximum atomic E-state index is 12.8. The molecule has 2 amide bonds. The Morgan fingerprint density at radius 1 is 0.872 bits per heavy atom. The van der Waals surface area contributed by atoms with Gasteiger partial charge in [0.2, 0.25) is 0 Å². The number of hydrogen-bond acceptors (Lipinski definition) is 8. The lowest BCUT2D eigenvalue weighted by molar-refractivity contribution is -0.137. The van der Waals surface area contributed by atoms with Gasteiger partial charge in [0, 0.05) is 25.8 Å². The number of aryl methyl sites for hydroxylation is 2. The van der Waals surface area contributed by atoms with E-state index < -0.39 is 17.6 Å². The van der Waals surface area contributed by atoms with Gasteiger partial charge in [0.25, 0.3) is 11.8 Å². The van der Waals surface area contributed by atoms with E-state index in [-0.39, 0.29) is 41.8 Å². The molecule has 12 nitrogen and oxygen atoms in total. The molecule has 0 fully saturated rings. The van der Waals surface area contributed by atoms with Crippen LogP contribution in [-0.4, -0.2) is 51.9 Å². The molecule has 0 atom stereocenters. The van der Waals surface area contributed by atoms with Gasteiger partial charge in [-0.1, -0.05) is 22.6 Å². The van der Waals surface area contributed by atoms with E-state index in [1.165, 1.54) is 17.1 Å². The number of phenolic OH excluding ortho intramolecular Hbond substituents is 1. The number of alkyl halides is 3. The third kappa shape index (κ3) is 7.83. The molecule has 0 saturated carbocycles. The quantitative estimate of drug-likeness (QED) is 0.244. The highest BCUT2D eigenvalue weighted by Gasteiger charge is 2.30. The van der Waals surface area contributed by atoms with Gasteiger partial charge >= 0.3 is 6.18 Å². The zero-order valence-electron chi connectivity index (χ0n) is 20.5. The summed E-state index contributed by atoms with van der Waals surface area (Å²) in [5.74, 6) is -0.857. The van der Waals surface area contributed by atoms with Crippen LogP contribution in [0.2, 0.25) is 0 Å². The van der Waals surface area contributed by atoms with Gasteiger partial charge in [-0.15, -0.1) is 10.2 Å². The molecule has 0 bridgehead atoms. The van der Waals surface area contributed by atoms with Crippen molar-refractivity contribution in [3.8, 4) is 5.75 Å². The van der Waals surface area contributed by atoms with Gasteiger partial charge in [-0.05, 0) is 42.7 Å². The summed E-state index contributed by atoms with van der Waals surface area (Å²) in [6, 6.07) is 8.29. The molecule has 39 heavy (non-hydrogen) atoms. The van der Waals surface area contributed by atoms with Crippen molar-refractivity contribution >= 4 is 11.8 Å². The average molecular weight is 544 g/mol. The lowest BCUT2D eigenvalue weighted by Crippen LogP contribution is -2.24. The molecule has 0 spiro atoms. The molecule has 4 aromatic rings. The number of phenols is 1. The van der Waals surface area contributed by atoms with E-state index >= 15 is 0 Å². The molecule has 3 aromatic heterocycles. The number of aromatic nitrogens is 7. The van der Waals surface area contributed by atoms with E-state index in [1.54, 1.807) is 28.9 Å². The van der Waals surface area contributed by atoms with Crippen LogP contribution in [0.5, 0.6) is 5.75 Å². The Labute approximate surface area is 219 Å². The van der Waals surface area contributed by atoms with Gasteiger partial charge in [-0.3, -0.25) is 23.9 Å². The number of unbranched alkanes of at least 4 members (excludes halogenated alkanes) is 1. The molecule has 0 unspecified atom stereocenters. The molecule has 3 N–H and O–H groups in total. The number of rotatable bonds is 11. The van der Waals surface area contributed by atoms with Crippen molar-refractivity contribution < 1.29 is 27.9 Å². The van der Waals surface area contributed by atoms with E-state index in [0.29, 0.717) is 25.9 Å². The normalized spacial score (nSPS) is 11.4. The van der Waals surface area contributed by atoms with Crippen molar-refractivity contribution in [2.75, 3.05) is 0 Å². The zero-order valence-corrected chi connectivity index (χ0v) is 20.5. The van der Waals surface area contributed by atoms with Gasteiger partial charge in [0.15, 0.2) is 11.4 Å². The van der Waals surface area contributed by atoms with Crippen molar-refractivity contribution in [3.05, 3.63) is 83.2 Å². The van der Waals surface area contributed by atoms with Gasteiger partial charge < -0.3 is 15.7 Å². The predicted molar refractivity (Wildman–Crippen MR) is 129 cm³/mol. The van der Waals surface area contributed by atoms with Crippen LogP contribution in [0.15, 0.2) is 55.0 Å². The minimum Gasteiger partial charge on any atom is -0.508 e. The number of amides is 2. The number of hydrogen-bond donors (Lipinski definition) is 3. The first-order valence-electron chi connectivity index (χ1n) is 11.8. The molecule has 15 heteroatoms. The summed E-state index contributed by atoms with van der Waals surface area (Å²) >= 11 is 0. The largest absolute Gasteiger partial charge is 0.508 e. The molecular formula is C24H24F3N9O3. The molecule has 0 aliphatic heterocycles. The van der Waals surface area contributed by atoms with Crippen LogP contribution < -0.4 is 10.6 Å². The van der Waals surface area contributed by atoms with Crippen molar-refractivity contribution in [2.45, 2.75) is 45.2 Å². The van der Waals surface area contributed by atoms with Crippen LogP contribution >= 0.6 is 0 Å². The second kappa shape index (κ2) is 12.1. The second-order valence-electron chi connectivity index (χ2n) is 8.51. The molecule has 0 aliphatic carbocycles. The molecule has 0 aliphatic rings. The Kier molecular flexibility index (Phi) is 8.48. The van der Waals surface area contributed by atoms with Crippen LogP contribution in [0.1, 0.15) is 50.6 Å². The number of aromatic hydroxyl groups is 1. The molecule has 3 heterocycles. The third-order valence-electron chi connectivity index (χ3n) is 5.50. The van der Waals surface area contributed by atoms with Crippen LogP contribution in [0, 0.1) is 0 Å². The Bertz CT molecular complexity index is 1440. The standard InChI is InChI=1S/C24H24F3N9O3/c25-24(26,27)17-6-7-28-18(11-17)13-30-23(39)21-15-36(34-32-21)9-2-1-8-35-14-20(31-33-35)22(38)29-12-16-4-3-5-19(37)10-16/h3-7,10-11,14-15,37H,1-2,8-9,12-13H2,(H,29,38)(H,30,39). The Morgan fingerprint density at radius 2 is 1.49 bits per heavy atom. The first kappa shape index (κ1) is 27.2. The van der Waals surface area contributed by atoms with Crippen LogP contribution in [0.3, 0.4) is 0 Å². The Morgan fingerprint density at radius 3 is 2.08 bits per heavy atom. The Balaban J connectivity index is 1.17. The highest BCUT2D eigenvalue weighted by Crippen LogP contribution is 2.28. The maximum absolute atomic E-state index is 12.8. The van der Waals surface area contributed by atoms with Gasteiger partial charge in [-0.2, -0.15) is 13.2 Å². The van der Waals surface area contributed by atoms with E-state index in [4.69, 9.17) is 0 Å². The fourth-order valence-corrected chi connectivity index (χ4v) is 3.52. The Hall–Kier alpha value is -4.82. The summed E-state index contributed by atoms with van der Waals surface area (Å²) in [6.45, 7) is 1.00. The highest BCUT2D eigenvalue weighted by molar-refractivity contribution is 5.92. The summed E-state index contributed by atoms with van der Waals surface area (Å²) in [5, 5.41) is 30.2. The maximum Gasteiger partial charge on any atom is 0.416 e. The van der Waals surface area contributed by atoms with Crippen molar-refractivity contribution in [1.29, 1.82) is 0 Å². The number of carbonyl (C=O) groups is 2. The molecule has 1 aromatic carbocycles. The summed E-state index contributed by atoms with van der Waals surface area (Å²) < 4.78 is 41.5. The molecule has 0 radical (unpaired) electrons. The van der Waals surface area contributed by atoms with Crippen LogP contribution in [-0.2, 0) is 32.4 Å². The number of halogens is 3. The smallest absolute Gasteiger partial charge is 0.416 e. The topological polar surface area (TPSA) is 153 Å². The summed E-state index contributed by atoms with van der Waals surface area (Å²) in [7, 11) is 0. The van der Waals surface area contributed by atoms with Crippen molar-refractivity contribution in [1.82, 2.24) is 45.6 Å². The lowest BCUT2D eigenvalue weighted by atomic mass is 10.2. The third-order valence-corrected chi connectivity index (χ3v) is 5.50. The summed E-state index contributed by atoms with van der Waals surface area (Å²) in [6.07, 6.45) is 0.862. The first-order chi connectivity index (χ1) is 18.7. The zero-order chi connectivity index (χ0) is 27.8.